The van der Waals surface area contributed by atoms with E-state index >= 15 is 0 Å². The molecule has 0 aliphatic carbocycles. The molecule has 0 saturated heterocycles. The zero-order chi connectivity index (χ0) is 14.8. The maximum Gasteiger partial charge on any atom is 0.159 e. The first-order valence-corrected chi connectivity index (χ1v) is 6.13. The number of aryl methyl sites for hydroxylation is 2. The fourth-order valence-corrected chi connectivity index (χ4v) is 1.21. The average Bonchev–Trinajstić information content (AvgIpc) is 2.37. The Labute approximate surface area is 112 Å². The van der Waals surface area contributed by atoms with Crippen molar-refractivity contribution in [3.8, 4) is 0 Å². The highest BCUT2D eigenvalue weighted by molar-refractivity contribution is 5.15. The molecule has 0 aliphatic rings. The normalized spacial score (nSPS) is 8.79. The maximum absolute atomic E-state index is 12.2. The molecular formula is C16H19F3. The first-order chi connectivity index (χ1) is 8.99. The maximum atomic E-state index is 12.2. The monoisotopic (exact) mass is 268 g/mol. The van der Waals surface area contributed by atoms with E-state index in [1.807, 2.05) is 26.8 Å². The van der Waals surface area contributed by atoms with Crippen LogP contribution < -0.4 is 0 Å². The second kappa shape index (κ2) is 9.20. The first-order valence-electron chi connectivity index (χ1n) is 6.13. The summed E-state index contributed by atoms with van der Waals surface area (Å²) in [5.74, 6) is -1.74. The third-order valence-electron chi connectivity index (χ3n) is 2.06. The minimum Gasteiger partial charge on any atom is -0.207 e. The molecule has 0 amide bonds. The molecule has 0 spiro atoms. The van der Waals surface area contributed by atoms with Gasteiger partial charge in [-0.3, -0.25) is 0 Å². The Bertz CT molecular complexity index is 476. The zero-order valence-corrected chi connectivity index (χ0v) is 11.7. The molecule has 0 unspecified atom stereocenters. The van der Waals surface area contributed by atoms with Gasteiger partial charge in [-0.25, -0.2) is 13.2 Å². The van der Waals surface area contributed by atoms with Crippen LogP contribution in [0.4, 0.5) is 13.2 Å². The van der Waals surface area contributed by atoms with Crippen molar-refractivity contribution in [1.82, 2.24) is 0 Å². The number of benzene rings is 2. The van der Waals surface area contributed by atoms with Crippen LogP contribution in [0.1, 0.15) is 25.0 Å². The highest BCUT2D eigenvalue weighted by Gasteiger charge is 1.97. The lowest BCUT2D eigenvalue weighted by molar-refractivity contribution is 0.508. The van der Waals surface area contributed by atoms with Gasteiger partial charge in [0.1, 0.15) is 5.82 Å². The summed E-state index contributed by atoms with van der Waals surface area (Å²) in [5, 5.41) is 0. The largest absolute Gasteiger partial charge is 0.207 e. The number of rotatable bonds is 0. The van der Waals surface area contributed by atoms with Crippen LogP contribution in [0.2, 0.25) is 0 Å². The molecule has 0 radical (unpaired) electrons. The molecule has 0 bridgehead atoms. The van der Waals surface area contributed by atoms with Gasteiger partial charge in [-0.15, -0.1) is 0 Å². The molecule has 104 valence electrons. The van der Waals surface area contributed by atoms with Crippen molar-refractivity contribution in [3.05, 3.63) is 71.0 Å². The quantitative estimate of drug-likeness (QED) is 0.597. The number of hydrogen-bond donors (Lipinski definition) is 0. The Morgan fingerprint density at radius 2 is 1.26 bits per heavy atom. The SMILES string of the molecule is CC.Cc1ccc(F)c(F)c1.Cc1cccc(F)c1. The molecule has 2 rings (SSSR count). The lowest BCUT2D eigenvalue weighted by Gasteiger charge is -1.91. The molecule has 0 aliphatic heterocycles. The van der Waals surface area contributed by atoms with E-state index in [9.17, 15) is 13.2 Å². The molecule has 2 aromatic carbocycles. The minimum atomic E-state index is -0.791. The summed E-state index contributed by atoms with van der Waals surface area (Å²) >= 11 is 0. The Morgan fingerprint density at radius 3 is 1.63 bits per heavy atom. The van der Waals surface area contributed by atoms with Crippen LogP contribution in [0.15, 0.2) is 42.5 Å². The molecule has 3 heteroatoms. The summed E-state index contributed by atoms with van der Waals surface area (Å²) in [6, 6.07) is 10.3. The third kappa shape index (κ3) is 7.29. The van der Waals surface area contributed by atoms with Gasteiger partial charge in [0.25, 0.3) is 0 Å². The first kappa shape index (κ1) is 17.2. The van der Waals surface area contributed by atoms with Gasteiger partial charge in [0.05, 0.1) is 0 Å². The Morgan fingerprint density at radius 1 is 0.684 bits per heavy atom. The standard InChI is InChI=1S/C7H6F2.C7H7F.C2H6/c1-5-2-3-6(8)7(9)4-5;1-6-3-2-4-7(8)5-6;1-2/h2-4H,1H3;2-5H,1H3;1-2H3. The van der Waals surface area contributed by atoms with Gasteiger partial charge in [-0.2, -0.15) is 0 Å². The predicted octanol–water partition coefficient (Wildman–Crippen LogP) is 5.43. The summed E-state index contributed by atoms with van der Waals surface area (Å²) in [7, 11) is 0. The summed E-state index contributed by atoms with van der Waals surface area (Å²) in [6.07, 6.45) is 0. The summed E-state index contributed by atoms with van der Waals surface area (Å²) in [4.78, 5) is 0. The van der Waals surface area contributed by atoms with E-state index in [2.05, 4.69) is 0 Å². The van der Waals surface area contributed by atoms with Gasteiger partial charge in [0, 0.05) is 0 Å². The molecular weight excluding hydrogens is 249 g/mol. The summed E-state index contributed by atoms with van der Waals surface area (Å²) < 4.78 is 36.5. The average molecular weight is 268 g/mol. The van der Waals surface area contributed by atoms with Crippen molar-refractivity contribution in [3.63, 3.8) is 0 Å². The van der Waals surface area contributed by atoms with Crippen molar-refractivity contribution < 1.29 is 13.2 Å². The molecule has 0 heterocycles. The van der Waals surface area contributed by atoms with Gasteiger partial charge in [0.15, 0.2) is 11.6 Å². The molecule has 0 atom stereocenters. The third-order valence-corrected chi connectivity index (χ3v) is 2.06. The van der Waals surface area contributed by atoms with Crippen LogP contribution in [-0.2, 0) is 0 Å². The van der Waals surface area contributed by atoms with Gasteiger partial charge >= 0.3 is 0 Å². The van der Waals surface area contributed by atoms with Crippen LogP contribution in [0.5, 0.6) is 0 Å². The van der Waals surface area contributed by atoms with Crippen molar-refractivity contribution >= 4 is 0 Å². The Hall–Kier alpha value is -1.77. The Balaban J connectivity index is 0.000000303. The second-order valence-corrected chi connectivity index (χ2v) is 3.72. The van der Waals surface area contributed by atoms with Crippen molar-refractivity contribution in [2.75, 3.05) is 0 Å². The molecule has 0 N–H and O–H groups in total. The summed E-state index contributed by atoms with van der Waals surface area (Å²) in [5.41, 5.74) is 1.69. The van der Waals surface area contributed by atoms with Crippen LogP contribution in [0.3, 0.4) is 0 Å². The van der Waals surface area contributed by atoms with Gasteiger partial charge in [-0.1, -0.05) is 32.0 Å². The molecule has 0 saturated carbocycles. The Kier molecular flexibility index (Phi) is 8.34. The van der Waals surface area contributed by atoms with E-state index in [0.717, 1.165) is 23.3 Å². The van der Waals surface area contributed by atoms with E-state index in [4.69, 9.17) is 0 Å². The lowest BCUT2D eigenvalue weighted by atomic mass is 10.2. The smallest absolute Gasteiger partial charge is 0.159 e. The topological polar surface area (TPSA) is 0 Å². The number of hydrogen-bond acceptors (Lipinski definition) is 0. The van der Waals surface area contributed by atoms with Gasteiger partial charge < -0.3 is 0 Å². The number of halogens is 3. The van der Waals surface area contributed by atoms with Crippen LogP contribution in [0.25, 0.3) is 0 Å². The fourth-order valence-electron chi connectivity index (χ4n) is 1.21. The second-order valence-electron chi connectivity index (χ2n) is 3.72. The predicted molar refractivity (Wildman–Crippen MR) is 73.6 cm³/mol. The van der Waals surface area contributed by atoms with Crippen molar-refractivity contribution in [2.45, 2.75) is 27.7 Å². The molecule has 2 aromatic rings. The molecule has 0 fully saturated rings. The molecule has 0 aromatic heterocycles. The van der Waals surface area contributed by atoms with Gasteiger partial charge in [-0.05, 0) is 49.2 Å². The van der Waals surface area contributed by atoms with Crippen molar-refractivity contribution in [1.29, 1.82) is 0 Å². The fraction of sp³-hybridized carbons (Fsp3) is 0.250. The van der Waals surface area contributed by atoms with E-state index in [1.165, 1.54) is 18.2 Å². The highest BCUT2D eigenvalue weighted by atomic mass is 19.2. The van der Waals surface area contributed by atoms with Crippen LogP contribution >= 0.6 is 0 Å². The lowest BCUT2D eigenvalue weighted by Crippen LogP contribution is -1.82. The minimum absolute atomic E-state index is 0.162. The van der Waals surface area contributed by atoms with E-state index in [1.54, 1.807) is 13.0 Å². The summed E-state index contributed by atoms with van der Waals surface area (Å²) in [6.45, 7) is 7.58. The van der Waals surface area contributed by atoms with Crippen LogP contribution in [0, 0.1) is 31.3 Å². The zero-order valence-electron chi connectivity index (χ0n) is 11.7. The van der Waals surface area contributed by atoms with Gasteiger partial charge in [0.2, 0.25) is 0 Å². The highest BCUT2D eigenvalue weighted by Crippen LogP contribution is 2.06. The van der Waals surface area contributed by atoms with Crippen LogP contribution in [-0.4, -0.2) is 0 Å². The van der Waals surface area contributed by atoms with E-state index in [0.29, 0.717) is 0 Å². The van der Waals surface area contributed by atoms with Crippen molar-refractivity contribution in [2.24, 2.45) is 0 Å². The van der Waals surface area contributed by atoms with E-state index < -0.39 is 11.6 Å². The van der Waals surface area contributed by atoms with E-state index in [-0.39, 0.29) is 5.82 Å². The molecule has 19 heavy (non-hydrogen) atoms. The molecule has 0 nitrogen and oxygen atoms in total.